The molecule has 2 aliphatic rings. The molecule has 1 aliphatic heterocycles. The third-order valence-corrected chi connectivity index (χ3v) is 8.58. The Morgan fingerprint density at radius 3 is 2.30 bits per heavy atom. The summed E-state index contributed by atoms with van der Waals surface area (Å²) >= 11 is 1.39. The highest BCUT2D eigenvalue weighted by atomic mass is 32.1. The molecule has 3 rings (SSSR count). The molecule has 1 atom stereocenters. The second-order valence-corrected chi connectivity index (χ2v) is 11.9. The van der Waals surface area contributed by atoms with Gasteiger partial charge in [0.15, 0.2) is 0 Å². The van der Waals surface area contributed by atoms with Gasteiger partial charge in [-0.25, -0.2) is 4.79 Å². The number of anilines is 1. The Labute approximate surface area is 202 Å². The van der Waals surface area contributed by atoms with Crippen molar-refractivity contribution in [1.82, 2.24) is 4.90 Å². The Bertz CT molecular complexity index is 858. The first-order valence-corrected chi connectivity index (χ1v) is 13.2. The standard InChI is InChI=1S/C26H40N2O4S/c1-17-9-11-19(12-10-17)24(30)28(18(2)15-22(29)27-13-7-8-14-27)20-16-21(26(3,4)5)33-23(20)25(31)32-6/h16-19H,7-15H2,1-6H3. The molecular weight excluding hydrogens is 436 g/mol. The third-order valence-electron chi connectivity index (χ3n) is 7.05. The zero-order chi connectivity index (χ0) is 24.3. The fourth-order valence-corrected chi connectivity index (χ4v) is 6.01. The van der Waals surface area contributed by atoms with E-state index in [1.165, 1.54) is 18.4 Å². The van der Waals surface area contributed by atoms with Crippen molar-refractivity contribution >= 4 is 34.8 Å². The topological polar surface area (TPSA) is 66.9 Å². The number of amides is 2. The molecule has 1 aliphatic carbocycles. The monoisotopic (exact) mass is 476 g/mol. The van der Waals surface area contributed by atoms with Gasteiger partial charge in [-0.15, -0.1) is 11.3 Å². The lowest BCUT2D eigenvalue weighted by molar-refractivity contribution is -0.130. The predicted molar refractivity (Wildman–Crippen MR) is 133 cm³/mol. The normalized spacial score (nSPS) is 22.2. The van der Waals surface area contributed by atoms with E-state index in [9.17, 15) is 14.4 Å². The van der Waals surface area contributed by atoms with Crippen LogP contribution in [0.3, 0.4) is 0 Å². The van der Waals surface area contributed by atoms with Crippen molar-refractivity contribution in [3.8, 4) is 0 Å². The maximum atomic E-state index is 13.9. The van der Waals surface area contributed by atoms with E-state index in [2.05, 4.69) is 27.7 Å². The minimum Gasteiger partial charge on any atom is -0.465 e. The van der Waals surface area contributed by atoms with Crippen molar-refractivity contribution in [2.75, 3.05) is 25.1 Å². The highest BCUT2D eigenvalue weighted by Crippen LogP contribution is 2.40. The summed E-state index contributed by atoms with van der Waals surface area (Å²) in [4.78, 5) is 44.8. The van der Waals surface area contributed by atoms with Crippen molar-refractivity contribution in [3.05, 3.63) is 15.8 Å². The van der Waals surface area contributed by atoms with Gasteiger partial charge in [-0.3, -0.25) is 9.59 Å². The molecule has 1 aromatic heterocycles. The van der Waals surface area contributed by atoms with Crippen LogP contribution in [0.25, 0.3) is 0 Å². The molecule has 0 spiro atoms. The highest BCUT2D eigenvalue weighted by molar-refractivity contribution is 7.14. The number of hydrogen-bond donors (Lipinski definition) is 0. The summed E-state index contributed by atoms with van der Waals surface area (Å²) < 4.78 is 5.09. The van der Waals surface area contributed by atoms with Crippen LogP contribution in [0, 0.1) is 11.8 Å². The number of methoxy groups -OCH3 is 1. The van der Waals surface area contributed by atoms with E-state index in [0.717, 1.165) is 56.5 Å². The molecule has 0 radical (unpaired) electrons. The fraction of sp³-hybridized carbons (Fsp3) is 0.731. The third kappa shape index (κ3) is 5.97. The Kier molecular flexibility index (Phi) is 8.25. The number of likely N-dealkylation sites (tertiary alicyclic amines) is 1. The van der Waals surface area contributed by atoms with E-state index >= 15 is 0 Å². The van der Waals surface area contributed by atoms with Gasteiger partial charge in [0.25, 0.3) is 0 Å². The number of thiophene rings is 1. The van der Waals surface area contributed by atoms with Crippen LogP contribution in [0.5, 0.6) is 0 Å². The number of carbonyl (C=O) groups is 3. The maximum absolute atomic E-state index is 13.9. The van der Waals surface area contributed by atoms with Gasteiger partial charge in [0.05, 0.1) is 12.8 Å². The van der Waals surface area contributed by atoms with Crippen LogP contribution in [-0.2, 0) is 19.7 Å². The van der Waals surface area contributed by atoms with Crippen molar-refractivity contribution in [1.29, 1.82) is 0 Å². The Morgan fingerprint density at radius 2 is 1.76 bits per heavy atom. The van der Waals surface area contributed by atoms with Gasteiger partial charge >= 0.3 is 5.97 Å². The Morgan fingerprint density at radius 1 is 1.15 bits per heavy atom. The van der Waals surface area contributed by atoms with E-state index in [0.29, 0.717) is 16.5 Å². The molecule has 7 heteroatoms. The van der Waals surface area contributed by atoms with Crippen molar-refractivity contribution in [2.24, 2.45) is 11.8 Å². The van der Waals surface area contributed by atoms with Crippen molar-refractivity contribution in [2.45, 2.75) is 91.0 Å². The van der Waals surface area contributed by atoms with Crippen molar-refractivity contribution < 1.29 is 19.1 Å². The van der Waals surface area contributed by atoms with E-state index in [4.69, 9.17) is 4.74 Å². The van der Waals surface area contributed by atoms with Gasteiger partial charge in [-0.2, -0.15) is 0 Å². The average molecular weight is 477 g/mol. The summed E-state index contributed by atoms with van der Waals surface area (Å²) in [5.74, 6) is 0.247. The summed E-state index contributed by atoms with van der Waals surface area (Å²) in [7, 11) is 1.37. The molecule has 1 unspecified atom stereocenters. The first kappa shape index (κ1) is 25.7. The summed E-state index contributed by atoms with van der Waals surface area (Å²) in [6.45, 7) is 12.0. The van der Waals surface area contributed by atoms with E-state index < -0.39 is 5.97 Å². The smallest absolute Gasteiger partial charge is 0.350 e. The van der Waals surface area contributed by atoms with Crippen LogP contribution >= 0.6 is 11.3 Å². The van der Waals surface area contributed by atoms with E-state index in [-0.39, 0.29) is 35.6 Å². The summed E-state index contributed by atoms with van der Waals surface area (Å²) in [5.41, 5.74) is 0.428. The number of ether oxygens (including phenoxy) is 1. The SMILES string of the molecule is COC(=O)c1sc(C(C)(C)C)cc1N(C(=O)C1CCC(C)CC1)C(C)CC(=O)N1CCCC1. The number of esters is 1. The van der Waals surface area contributed by atoms with E-state index in [1.807, 2.05) is 17.9 Å². The zero-order valence-electron chi connectivity index (χ0n) is 21.1. The second kappa shape index (κ2) is 10.6. The van der Waals surface area contributed by atoms with Crippen molar-refractivity contribution in [3.63, 3.8) is 0 Å². The molecule has 6 nitrogen and oxygen atoms in total. The molecule has 2 heterocycles. The molecular formula is C26H40N2O4S. The number of hydrogen-bond acceptors (Lipinski definition) is 5. The minimum atomic E-state index is -0.432. The summed E-state index contributed by atoms with van der Waals surface area (Å²) in [6.07, 6.45) is 6.11. The highest BCUT2D eigenvalue weighted by Gasteiger charge is 2.37. The van der Waals surface area contributed by atoms with Crippen LogP contribution in [0.15, 0.2) is 6.07 Å². The number of carbonyl (C=O) groups excluding carboxylic acids is 3. The molecule has 184 valence electrons. The largest absolute Gasteiger partial charge is 0.465 e. The lowest BCUT2D eigenvalue weighted by Gasteiger charge is -2.35. The average Bonchev–Trinajstić information content (AvgIpc) is 3.44. The molecule has 2 fully saturated rings. The van der Waals surface area contributed by atoms with Crippen LogP contribution in [0.1, 0.15) is 94.1 Å². The summed E-state index contributed by atoms with van der Waals surface area (Å²) in [5, 5.41) is 0. The predicted octanol–water partition coefficient (Wildman–Crippen LogP) is 5.39. The zero-order valence-corrected chi connectivity index (χ0v) is 21.9. The van der Waals surface area contributed by atoms with Gasteiger partial charge in [0, 0.05) is 36.3 Å². The first-order valence-electron chi connectivity index (χ1n) is 12.4. The molecule has 1 saturated heterocycles. The Balaban J connectivity index is 1.98. The first-order chi connectivity index (χ1) is 15.5. The lowest BCUT2D eigenvalue weighted by atomic mass is 9.82. The molecule has 33 heavy (non-hydrogen) atoms. The summed E-state index contributed by atoms with van der Waals surface area (Å²) in [6, 6.07) is 1.63. The minimum absolute atomic E-state index is 0.0343. The van der Waals surface area contributed by atoms with Crippen LogP contribution in [0.2, 0.25) is 0 Å². The van der Waals surface area contributed by atoms with Gasteiger partial charge in [0.2, 0.25) is 11.8 Å². The van der Waals surface area contributed by atoms with Crippen LogP contribution in [0.4, 0.5) is 5.69 Å². The molecule has 0 N–H and O–H groups in total. The lowest BCUT2D eigenvalue weighted by Crippen LogP contribution is -2.46. The fourth-order valence-electron chi connectivity index (χ4n) is 4.89. The number of rotatable bonds is 6. The van der Waals surface area contributed by atoms with Gasteiger partial charge in [-0.1, -0.05) is 27.7 Å². The van der Waals surface area contributed by atoms with Gasteiger partial charge < -0.3 is 14.5 Å². The van der Waals surface area contributed by atoms with Gasteiger partial charge in [-0.05, 0) is 62.8 Å². The van der Waals surface area contributed by atoms with Crippen LogP contribution in [-0.4, -0.2) is 48.9 Å². The molecule has 1 saturated carbocycles. The molecule has 0 bridgehead atoms. The van der Waals surface area contributed by atoms with Gasteiger partial charge in [0.1, 0.15) is 4.88 Å². The molecule has 0 aromatic carbocycles. The van der Waals surface area contributed by atoms with Crippen LogP contribution < -0.4 is 4.90 Å². The van der Waals surface area contributed by atoms with E-state index in [1.54, 1.807) is 4.90 Å². The second-order valence-electron chi connectivity index (χ2n) is 10.9. The maximum Gasteiger partial charge on any atom is 0.350 e. The molecule has 1 aromatic rings. The molecule has 2 amide bonds. The Hall–Kier alpha value is -1.89. The quantitative estimate of drug-likeness (QED) is 0.516. The number of nitrogens with zero attached hydrogens (tertiary/aromatic N) is 2.